The summed E-state index contributed by atoms with van der Waals surface area (Å²) < 4.78 is 4.93. The van der Waals surface area contributed by atoms with Gasteiger partial charge in [0, 0.05) is 10.9 Å². The van der Waals surface area contributed by atoms with Crippen LogP contribution >= 0.6 is 11.3 Å². The summed E-state index contributed by atoms with van der Waals surface area (Å²) in [7, 11) is 0. The lowest BCUT2D eigenvalue weighted by atomic mass is 9.99. The van der Waals surface area contributed by atoms with Gasteiger partial charge >= 0.3 is 5.97 Å². The molecular formula is C21H21N3O2S. The van der Waals surface area contributed by atoms with Gasteiger partial charge in [-0.05, 0) is 25.0 Å². The number of carbonyl (C=O) groups is 1. The minimum atomic E-state index is -0.273. The molecule has 6 heteroatoms. The van der Waals surface area contributed by atoms with Crippen LogP contribution in [0.5, 0.6) is 0 Å². The van der Waals surface area contributed by atoms with E-state index in [1.54, 1.807) is 13.1 Å². The number of aryl methyl sites for hydroxylation is 1. The Morgan fingerprint density at radius 1 is 1.26 bits per heavy atom. The molecule has 0 saturated carbocycles. The van der Waals surface area contributed by atoms with Crippen molar-refractivity contribution in [2.45, 2.75) is 20.3 Å². The van der Waals surface area contributed by atoms with Crippen LogP contribution in [0.4, 0.5) is 5.13 Å². The Bertz CT molecular complexity index is 950. The number of thiazole rings is 1. The molecule has 0 aliphatic carbocycles. The first-order valence-corrected chi connectivity index (χ1v) is 9.59. The molecule has 1 heterocycles. The minimum Gasteiger partial charge on any atom is -0.466 e. The monoisotopic (exact) mass is 379 g/mol. The molecule has 27 heavy (non-hydrogen) atoms. The van der Waals surface area contributed by atoms with Gasteiger partial charge in [-0.15, -0.1) is 11.3 Å². The number of hydrogen-bond acceptors (Lipinski definition) is 6. The van der Waals surface area contributed by atoms with Crippen LogP contribution in [0.3, 0.4) is 0 Å². The van der Waals surface area contributed by atoms with Gasteiger partial charge in [-0.3, -0.25) is 10.2 Å². The third-order valence-electron chi connectivity index (χ3n) is 3.84. The number of hydrogen-bond donors (Lipinski definition) is 1. The Morgan fingerprint density at radius 2 is 2.11 bits per heavy atom. The average molecular weight is 379 g/mol. The van der Waals surface area contributed by atoms with E-state index >= 15 is 0 Å². The first kappa shape index (κ1) is 18.8. The van der Waals surface area contributed by atoms with Crippen LogP contribution in [0.25, 0.3) is 11.1 Å². The molecule has 0 atom stereocenters. The van der Waals surface area contributed by atoms with Crippen molar-refractivity contribution in [1.29, 1.82) is 0 Å². The summed E-state index contributed by atoms with van der Waals surface area (Å²) in [6.07, 6.45) is 1.95. The molecule has 0 unspecified atom stereocenters. The molecule has 5 nitrogen and oxygen atoms in total. The lowest BCUT2D eigenvalue weighted by Gasteiger charge is -2.06. The Morgan fingerprint density at radius 3 is 2.93 bits per heavy atom. The van der Waals surface area contributed by atoms with E-state index in [-0.39, 0.29) is 12.4 Å². The molecule has 138 valence electrons. The van der Waals surface area contributed by atoms with Crippen molar-refractivity contribution in [1.82, 2.24) is 4.98 Å². The smallest absolute Gasteiger partial charge is 0.311 e. The van der Waals surface area contributed by atoms with Crippen molar-refractivity contribution >= 4 is 28.7 Å². The van der Waals surface area contributed by atoms with Crippen molar-refractivity contribution in [3.8, 4) is 11.1 Å². The van der Waals surface area contributed by atoms with Crippen LogP contribution in [-0.2, 0) is 16.0 Å². The van der Waals surface area contributed by atoms with E-state index in [4.69, 9.17) is 4.74 Å². The molecule has 0 aliphatic rings. The molecule has 0 fully saturated rings. The Balaban J connectivity index is 1.69. The fraction of sp³-hybridized carbons (Fsp3) is 0.190. The average Bonchev–Trinajstić information content (AvgIpc) is 3.09. The standard InChI is InChI=1S/C21H21N3O2S/c1-3-26-20(25)12-18-14-27-21(23-18)24-22-13-17-8-4-5-10-19(17)16-9-6-7-15(2)11-16/h4-11,13-14H,3,12H2,1-2H3,(H,23,24). The third kappa shape index (κ3) is 5.24. The van der Waals surface area contributed by atoms with E-state index in [2.05, 4.69) is 52.8 Å². The molecule has 0 amide bonds. The van der Waals surface area contributed by atoms with Gasteiger partial charge in [0.1, 0.15) is 0 Å². The first-order chi connectivity index (χ1) is 13.2. The number of ether oxygens (including phenoxy) is 1. The van der Waals surface area contributed by atoms with Gasteiger partial charge in [0.05, 0.1) is 24.9 Å². The van der Waals surface area contributed by atoms with Crippen molar-refractivity contribution in [3.05, 3.63) is 70.7 Å². The lowest BCUT2D eigenvalue weighted by Crippen LogP contribution is -2.07. The second kappa shape index (κ2) is 9.09. The highest BCUT2D eigenvalue weighted by atomic mass is 32.1. The van der Waals surface area contributed by atoms with Gasteiger partial charge in [0.25, 0.3) is 0 Å². The summed E-state index contributed by atoms with van der Waals surface area (Å²) in [5.41, 5.74) is 8.12. The minimum absolute atomic E-state index is 0.173. The first-order valence-electron chi connectivity index (χ1n) is 8.71. The normalized spacial score (nSPS) is 10.9. The predicted octanol–water partition coefficient (Wildman–Crippen LogP) is 4.67. The largest absolute Gasteiger partial charge is 0.466 e. The van der Waals surface area contributed by atoms with Crippen LogP contribution in [0, 0.1) is 6.92 Å². The maximum absolute atomic E-state index is 11.5. The zero-order chi connectivity index (χ0) is 19.1. The number of nitrogens with zero attached hydrogens (tertiary/aromatic N) is 2. The van der Waals surface area contributed by atoms with Crippen LogP contribution < -0.4 is 5.43 Å². The SMILES string of the molecule is CCOC(=O)Cc1csc(NN=Cc2ccccc2-c2cccc(C)c2)n1. The Hall–Kier alpha value is -2.99. The molecule has 0 spiro atoms. The molecule has 3 rings (SSSR count). The maximum Gasteiger partial charge on any atom is 0.311 e. The zero-order valence-corrected chi connectivity index (χ0v) is 16.1. The zero-order valence-electron chi connectivity index (χ0n) is 15.3. The Labute approximate surface area is 162 Å². The molecule has 1 N–H and O–H groups in total. The lowest BCUT2D eigenvalue weighted by molar-refractivity contribution is -0.142. The van der Waals surface area contributed by atoms with E-state index < -0.39 is 0 Å². The summed E-state index contributed by atoms with van der Waals surface area (Å²) >= 11 is 1.40. The van der Waals surface area contributed by atoms with E-state index in [0.29, 0.717) is 17.4 Å². The van der Waals surface area contributed by atoms with Crippen LogP contribution in [0.2, 0.25) is 0 Å². The van der Waals surface area contributed by atoms with Gasteiger partial charge in [-0.25, -0.2) is 4.98 Å². The predicted molar refractivity (Wildman–Crippen MR) is 110 cm³/mol. The number of rotatable bonds is 7. The molecule has 3 aromatic rings. The molecule has 1 aromatic heterocycles. The van der Waals surface area contributed by atoms with E-state index in [1.807, 2.05) is 23.6 Å². The highest BCUT2D eigenvalue weighted by Gasteiger charge is 2.08. The number of nitrogens with one attached hydrogen (secondary N) is 1. The third-order valence-corrected chi connectivity index (χ3v) is 4.63. The maximum atomic E-state index is 11.5. The Kier molecular flexibility index (Phi) is 6.33. The highest BCUT2D eigenvalue weighted by Crippen LogP contribution is 2.23. The number of hydrazone groups is 1. The molecule has 0 aliphatic heterocycles. The molecule has 0 bridgehead atoms. The number of aromatic nitrogens is 1. The van der Waals surface area contributed by atoms with Crippen molar-refractivity contribution in [2.24, 2.45) is 5.10 Å². The molecular weight excluding hydrogens is 358 g/mol. The van der Waals surface area contributed by atoms with E-state index in [9.17, 15) is 4.79 Å². The van der Waals surface area contributed by atoms with Gasteiger partial charge in [0.2, 0.25) is 5.13 Å². The molecule has 2 aromatic carbocycles. The van der Waals surface area contributed by atoms with Gasteiger partial charge in [0.15, 0.2) is 0 Å². The number of carbonyl (C=O) groups excluding carboxylic acids is 1. The molecule has 0 radical (unpaired) electrons. The fourth-order valence-corrected chi connectivity index (χ4v) is 3.30. The second-order valence-electron chi connectivity index (χ2n) is 5.95. The van der Waals surface area contributed by atoms with Crippen molar-refractivity contribution in [3.63, 3.8) is 0 Å². The number of esters is 1. The topological polar surface area (TPSA) is 63.6 Å². The van der Waals surface area contributed by atoms with E-state index in [0.717, 1.165) is 16.7 Å². The van der Waals surface area contributed by atoms with Crippen LogP contribution in [0.15, 0.2) is 59.0 Å². The summed E-state index contributed by atoms with van der Waals surface area (Å²) in [5.74, 6) is -0.273. The summed E-state index contributed by atoms with van der Waals surface area (Å²) in [6.45, 7) is 4.24. The van der Waals surface area contributed by atoms with Crippen LogP contribution in [0.1, 0.15) is 23.7 Å². The van der Waals surface area contributed by atoms with E-state index in [1.165, 1.54) is 16.9 Å². The summed E-state index contributed by atoms with van der Waals surface area (Å²) in [6, 6.07) is 16.5. The fourth-order valence-electron chi connectivity index (χ4n) is 2.64. The van der Waals surface area contributed by atoms with Gasteiger partial charge in [-0.2, -0.15) is 5.10 Å². The number of benzene rings is 2. The van der Waals surface area contributed by atoms with Crippen LogP contribution in [-0.4, -0.2) is 23.8 Å². The van der Waals surface area contributed by atoms with Crippen molar-refractivity contribution < 1.29 is 9.53 Å². The summed E-state index contributed by atoms with van der Waals surface area (Å²) in [5, 5.41) is 6.77. The molecule has 0 saturated heterocycles. The second-order valence-corrected chi connectivity index (χ2v) is 6.81. The van der Waals surface area contributed by atoms with Crippen molar-refractivity contribution in [2.75, 3.05) is 12.0 Å². The number of anilines is 1. The van der Waals surface area contributed by atoms with Gasteiger partial charge in [-0.1, -0.05) is 54.1 Å². The van der Waals surface area contributed by atoms with Gasteiger partial charge < -0.3 is 4.74 Å². The highest BCUT2D eigenvalue weighted by molar-refractivity contribution is 7.13. The quantitative estimate of drug-likeness (QED) is 0.368. The summed E-state index contributed by atoms with van der Waals surface area (Å²) in [4.78, 5) is 15.9.